The van der Waals surface area contributed by atoms with E-state index in [0.717, 1.165) is 24.4 Å². The van der Waals surface area contributed by atoms with E-state index in [4.69, 9.17) is 10.5 Å². The van der Waals surface area contributed by atoms with Crippen LogP contribution >= 0.6 is 0 Å². The lowest BCUT2D eigenvalue weighted by Crippen LogP contribution is -2.22. The van der Waals surface area contributed by atoms with Crippen molar-refractivity contribution in [2.24, 2.45) is 5.73 Å². The Bertz CT molecular complexity index is 968. The van der Waals surface area contributed by atoms with Crippen molar-refractivity contribution < 1.29 is 9.53 Å². The molecule has 0 aliphatic heterocycles. The molecule has 0 saturated carbocycles. The second-order valence-electron chi connectivity index (χ2n) is 6.75. The highest BCUT2D eigenvalue weighted by Crippen LogP contribution is 2.27. The molecule has 5 heteroatoms. The van der Waals surface area contributed by atoms with Crippen molar-refractivity contribution in [3.8, 4) is 11.6 Å². The first-order chi connectivity index (χ1) is 13.5. The molecule has 0 saturated heterocycles. The maximum absolute atomic E-state index is 11.1. The molecule has 1 amide bonds. The number of amides is 1. The van der Waals surface area contributed by atoms with Gasteiger partial charge in [-0.3, -0.25) is 4.79 Å². The summed E-state index contributed by atoms with van der Waals surface area (Å²) in [6, 6.07) is 17.8. The van der Waals surface area contributed by atoms with Gasteiger partial charge in [0.25, 0.3) is 0 Å². The van der Waals surface area contributed by atoms with Gasteiger partial charge >= 0.3 is 0 Å². The maximum Gasteiger partial charge on any atom is 0.250 e. The summed E-state index contributed by atoms with van der Waals surface area (Å²) in [6.45, 7) is 8.07. The fourth-order valence-electron chi connectivity index (χ4n) is 3.13. The van der Waals surface area contributed by atoms with E-state index >= 15 is 0 Å². The number of primary amides is 1. The second-order valence-corrected chi connectivity index (χ2v) is 6.75. The van der Waals surface area contributed by atoms with Gasteiger partial charge in [0.05, 0.1) is 5.56 Å². The molecule has 0 atom stereocenters. The lowest BCUT2D eigenvalue weighted by atomic mass is 10.1. The molecule has 0 bridgehead atoms. The molecule has 3 rings (SSSR count). The molecular weight excluding hydrogens is 350 g/mol. The third-order valence-electron chi connectivity index (χ3n) is 4.69. The van der Waals surface area contributed by atoms with E-state index in [1.54, 1.807) is 12.1 Å². The first-order valence-electron chi connectivity index (χ1n) is 9.31. The summed E-state index contributed by atoms with van der Waals surface area (Å²) >= 11 is 0. The number of para-hydroxylation sites is 1. The quantitative estimate of drug-likeness (QED) is 0.654. The number of rotatable bonds is 7. The van der Waals surface area contributed by atoms with Crippen molar-refractivity contribution in [1.82, 2.24) is 4.98 Å². The zero-order valence-corrected chi connectivity index (χ0v) is 16.5. The van der Waals surface area contributed by atoms with Crippen molar-refractivity contribution >= 4 is 11.6 Å². The van der Waals surface area contributed by atoms with Crippen molar-refractivity contribution in [3.05, 3.63) is 83.0 Å². The van der Waals surface area contributed by atoms with Gasteiger partial charge in [-0.05, 0) is 55.7 Å². The summed E-state index contributed by atoms with van der Waals surface area (Å²) in [7, 11) is 0. The van der Waals surface area contributed by atoms with Gasteiger partial charge < -0.3 is 15.4 Å². The lowest BCUT2D eigenvalue weighted by Gasteiger charge is -2.25. The topological polar surface area (TPSA) is 68.5 Å². The van der Waals surface area contributed by atoms with E-state index in [9.17, 15) is 4.79 Å². The van der Waals surface area contributed by atoms with Crippen LogP contribution in [0.1, 0.15) is 34.0 Å². The SMILES string of the molecule is CCN(Cc1ccc(Oc2ccc(C(N)=O)cn2)c(C)c1)c1ccccc1C. The first kappa shape index (κ1) is 19.4. The summed E-state index contributed by atoms with van der Waals surface area (Å²) in [4.78, 5) is 17.6. The molecule has 0 radical (unpaired) electrons. The number of aromatic nitrogens is 1. The number of pyridine rings is 1. The Morgan fingerprint density at radius 3 is 2.46 bits per heavy atom. The predicted octanol–water partition coefficient (Wildman–Crippen LogP) is 4.62. The smallest absolute Gasteiger partial charge is 0.250 e. The van der Waals surface area contributed by atoms with Gasteiger partial charge in [-0.1, -0.05) is 30.3 Å². The van der Waals surface area contributed by atoms with Crippen LogP contribution in [0.15, 0.2) is 60.8 Å². The molecule has 0 fully saturated rings. The third-order valence-corrected chi connectivity index (χ3v) is 4.69. The number of nitrogens with zero attached hydrogens (tertiary/aromatic N) is 2. The van der Waals surface area contributed by atoms with E-state index in [1.807, 2.05) is 13.0 Å². The van der Waals surface area contributed by atoms with Crippen molar-refractivity contribution in [1.29, 1.82) is 0 Å². The number of benzene rings is 2. The Hall–Kier alpha value is -3.34. The van der Waals surface area contributed by atoms with Crippen molar-refractivity contribution in [3.63, 3.8) is 0 Å². The highest BCUT2D eigenvalue weighted by Gasteiger charge is 2.10. The Kier molecular flexibility index (Phi) is 5.94. The van der Waals surface area contributed by atoms with Gasteiger partial charge in [0.2, 0.25) is 11.8 Å². The Morgan fingerprint density at radius 1 is 1.07 bits per heavy atom. The van der Waals surface area contributed by atoms with E-state index < -0.39 is 5.91 Å². The van der Waals surface area contributed by atoms with E-state index in [-0.39, 0.29) is 0 Å². The number of anilines is 1. The minimum Gasteiger partial charge on any atom is -0.439 e. The number of hydrogen-bond acceptors (Lipinski definition) is 4. The lowest BCUT2D eigenvalue weighted by molar-refractivity contribution is 0.1000. The van der Waals surface area contributed by atoms with Crippen LogP contribution in [0.3, 0.4) is 0 Å². The number of aryl methyl sites for hydroxylation is 2. The van der Waals surface area contributed by atoms with Gasteiger partial charge in [-0.25, -0.2) is 4.98 Å². The van der Waals surface area contributed by atoms with Crippen LogP contribution in [0.5, 0.6) is 11.6 Å². The summed E-state index contributed by atoms with van der Waals surface area (Å²) in [6.07, 6.45) is 1.42. The zero-order valence-electron chi connectivity index (χ0n) is 16.5. The van der Waals surface area contributed by atoms with Crippen LogP contribution < -0.4 is 15.4 Å². The van der Waals surface area contributed by atoms with Gasteiger partial charge in [0.15, 0.2) is 0 Å². The average Bonchev–Trinajstić information content (AvgIpc) is 2.69. The summed E-state index contributed by atoms with van der Waals surface area (Å²) in [5.74, 6) is 0.659. The van der Waals surface area contributed by atoms with Gasteiger partial charge in [-0.15, -0.1) is 0 Å². The van der Waals surface area contributed by atoms with Crippen molar-refractivity contribution in [2.75, 3.05) is 11.4 Å². The summed E-state index contributed by atoms with van der Waals surface area (Å²) in [5.41, 5.74) is 10.4. The van der Waals surface area contributed by atoms with Crippen LogP contribution in [0.4, 0.5) is 5.69 Å². The highest BCUT2D eigenvalue weighted by atomic mass is 16.5. The Morgan fingerprint density at radius 2 is 1.86 bits per heavy atom. The van der Waals surface area contributed by atoms with E-state index in [2.05, 4.69) is 60.1 Å². The molecule has 28 heavy (non-hydrogen) atoms. The molecule has 1 aromatic heterocycles. The number of carbonyl (C=O) groups excluding carboxylic acids is 1. The summed E-state index contributed by atoms with van der Waals surface area (Å²) in [5, 5.41) is 0. The molecule has 0 unspecified atom stereocenters. The molecule has 144 valence electrons. The minimum atomic E-state index is -0.506. The van der Waals surface area contributed by atoms with Gasteiger partial charge in [-0.2, -0.15) is 0 Å². The number of nitrogens with two attached hydrogens (primary N) is 1. The fourth-order valence-corrected chi connectivity index (χ4v) is 3.13. The zero-order chi connectivity index (χ0) is 20.1. The molecule has 0 aliphatic rings. The van der Waals surface area contributed by atoms with E-state index in [0.29, 0.717) is 11.4 Å². The number of ether oxygens (including phenoxy) is 1. The molecule has 2 N–H and O–H groups in total. The first-order valence-corrected chi connectivity index (χ1v) is 9.31. The molecule has 5 nitrogen and oxygen atoms in total. The molecule has 2 aromatic carbocycles. The van der Waals surface area contributed by atoms with Crippen LogP contribution in [0.2, 0.25) is 0 Å². The standard InChI is InChI=1S/C23H25N3O2/c1-4-26(20-8-6-5-7-16(20)2)15-18-9-11-21(17(3)13-18)28-22-12-10-19(14-25-22)23(24)27/h5-14H,4,15H2,1-3H3,(H2,24,27). The second kappa shape index (κ2) is 8.57. The van der Waals surface area contributed by atoms with Crippen molar-refractivity contribution in [2.45, 2.75) is 27.3 Å². The fraction of sp³-hybridized carbons (Fsp3) is 0.217. The van der Waals surface area contributed by atoms with Gasteiger partial charge in [0, 0.05) is 31.0 Å². The maximum atomic E-state index is 11.1. The highest BCUT2D eigenvalue weighted by molar-refractivity contribution is 5.92. The monoisotopic (exact) mass is 375 g/mol. The van der Waals surface area contributed by atoms with Crippen LogP contribution in [0.25, 0.3) is 0 Å². The predicted molar refractivity (Wildman–Crippen MR) is 112 cm³/mol. The van der Waals surface area contributed by atoms with E-state index in [1.165, 1.54) is 23.0 Å². The molecule has 0 spiro atoms. The van der Waals surface area contributed by atoms with Crippen LogP contribution in [-0.4, -0.2) is 17.4 Å². The largest absolute Gasteiger partial charge is 0.439 e. The average molecular weight is 375 g/mol. The number of hydrogen-bond donors (Lipinski definition) is 1. The number of carbonyl (C=O) groups is 1. The normalized spacial score (nSPS) is 10.5. The minimum absolute atomic E-state index is 0.357. The Balaban J connectivity index is 1.74. The molecule has 0 aliphatic carbocycles. The van der Waals surface area contributed by atoms with Gasteiger partial charge in [0.1, 0.15) is 5.75 Å². The summed E-state index contributed by atoms with van der Waals surface area (Å²) < 4.78 is 5.86. The van der Waals surface area contributed by atoms with Crippen LogP contribution in [0, 0.1) is 13.8 Å². The Labute approximate surface area is 165 Å². The third kappa shape index (κ3) is 4.49. The molecule has 3 aromatic rings. The molecular formula is C23H25N3O2. The van der Waals surface area contributed by atoms with Crippen LogP contribution in [-0.2, 0) is 6.54 Å². The molecule has 1 heterocycles.